The molecule has 0 spiro atoms. The number of nitrogens with zero attached hydrogens (tertiary/aromatic N) is 1. The summed E-state index contributed by atoms with van der Waals surface area (Å²) >= 11 is 0. The van der Waals surface area contributed by atoms with Crippen LogP contribution in [0.2, 0.25) is 0 Å². The van der Waals surface area contributed by atoms with Crippen LogP contribution in [0.25, 0.3) is 11.1 Å². The van der Waals surface area contributed by atoms with Gasteiger partial charge in [-0.15, -0.1) is 0 Å². The molecule has 0 amide bonds. The second-order valence-corrected chi connectivity index (χ2v) is 8.66. The number of rotatable bonds is 5. The Kier molecular flexibility index (Phi) is 6.23. The first-order valence-electron chi connectivity index (χ1n) is 9.76. The number of hydrogen-bond donors (Lipinski definition) is 1. The van der Waals surface area contributed by atoms with Gasteiger partial charge in [-0.2, -0.15) is 0 Å². The molecule has 1 N–H and O–H groups in total. The molecule has 0 fully saturated rings. The van der Waals surface area contributed by atoms with Gasteiger partial charge in [0.05, 0.1) is 4.90 Å². The standard InChI is InChI=1S/C26H20N2O2S/c29-31(30,28-20-23-16-18-27-19-17-23)26-14-10-22(11-15-26)7-6-21-8-12-25(13-9-21)24-4-2-1-3-5-24/h1-5,8-19,28H,20H2. The van der Waals surface area contributed by atoms with Gasteiger partial charge in [0.25, 0.3) is 0 Å². The van der Waals surface area contributed by atoms with Crippen LogP contribution in [-0.4, -0.2) is 13.4 Å². The maximum absolute atomic E-state index is 12.5. The molecular formula is C26H20N2O2S. The first-order valence-corrected chi connectivity index (χ1v) is 11.2. The van der Waals surface area contributed by atoms with Crippen molar-refractivity contribution >= 4 is 10.0 Å². The summed E-state index contributed by atoms with van der Waals surface area (Å²) in [5.74, 6) is 6.21. The number of aromatic nitrogens is 1. The van der Waals surface area contributed by atoms with Crippen molar-refractivity contribution in [1.82, 2.24) is 9.71 Å². The zero-order valence-electron chi connectivity index (χ0n) is 16.7. The van der Waals surface area contributed by atoms with Gasteiger partial charge in [0.15, 0.2) is 0 Å². The van der Waals surface area contributed by atoms with Gasteiger partial charge in [-0.05, 0) is 65.2 Å². The molecule has 0 saturated heterocycles. The van der Waals surface area contributed by atoms with Crippen LogP contribution in [-0.2, 0) is 16.6 Å². The number of hydrogen-bond acceptors (Lipinski definition) is 3. The highest BCUT2D eigenvalue weighted by atomic mass is 32.2. The summed E-state index contributed by atoms with van der Waals surface area (Å²) in [5.41, 5.74) is 4.80. The van der Waals surface area contributed by atoms with Gasteiger partial charge in [-0.25, -0.2) is 13.1 Å². The summed E-state index contributed by atoms with van der Waals surface area (Å²) < 4.78 is 27.6. The molecule has 152 valence electrons. The molecule has 4 aromatic rings. The second-order valence-electron chi connectivity index (χ2n) is 6.90. The van der Waals surface area contributed by atoms with E-state index in [-0.39, 0.29) is 11.4 Å². The van der Waals surface area contributed by atoms with Crippen LogP contribution in [0.5, 0.6) is 0 Å². The fourth-order valence-electron chi connectivity index (χ4n) is 3.00. The third kappa shape index (κ3) is 5.46. The number of sulfonamides is 1. The molecule has 4 nitrogen and oxygen atoms in total. The lowest BCUT2D eigenvalue weighted by Gasteiger charge is -2.06. The van der Waals surface area contributed by atoms with Crippen molar-refractivity contribution in [2.45, 2.75) is 11.4 Å². The summed E-state index contributed by atoms with van der Waals surface area (Å²) in [6, 6.07) is 28.3. The zero-order valence-corrected chi connectivity index (χ0v) is 17.5. The molecule has 0 unspecified atom stereocenters. The van der Waals surface area contributed by atoms with Crippen LogP contribution in [0, 0.1) is 11.8 Å². The molecule has 0 aliphatic rings. The first-order chi connectivity index (χ1) is 15.1. The lowest BCUT2D eigenvalue weighted by molar-refractivity contribution is 0.581. The Hall–Kier alpha value is -3.72. The molecule has 4 rings (SSSR count). The SMILES string of the molecule is O=S(=O)(NCc1ccncc1)c1ccc(C#Cc2ccc(-c3ccccc3)cc2)cc1. The van der Waals surface area contributed by atoms with E-state index in [1.54, 1.807) is 48.8 Å². The van der Waals surface area contributed by atoms with Crippen molar-refractivity contribution in [2.75, 3.05) is 0 Å². The molecule has 0 radical (unpaired) electrons. The average molecular weight is 425 g/mol. The quantitative estimate of drug-likeness (QED) is 0.475. The van der Waals surface area contributed by atoms with Gasteiger partial charge in [0, 0.05) is 30.1 Å². The van der Waals surface area contributed by atoms with Crippen molar-refractivity contribution in [1.29, 1.82) is 0 Å². The Morgan fingerprint density at radius 3 is 1.84 bits per heavy atom. The summed E-state index contributed by atoms with van der Waals surface area (Å²) in [4.78, 5) is 4.13. The van der Waals surface area contributed by atoms with Crippen molar-refractivity contribution in [3.63, 3.8) is 0 Å². The van der Waals surface area contributed by atoms with Crippen LogP contribution in [0.4, 0.5) is 0 Å². The predicted molar refractivity (Wildman–Crippen MR) is 123 cm³/mol. The Morgan fingerprint density at radius 1 is 0.677 bits per heavy atom. The Bertz CT molecular complexity index is 1310. The molecule has 1 heterocycles. The molecule has 31 heavy (non-hydrogen) atoms. The lowest BCUT2D eigenvalue weighted by Crippen LogP contribution is -2.23. The highest BCUT2D eigenvalue weighted by molar-refractivity contribution is 7.89. The fraction of sp³-hybridized carbons (Fsp3) is 0.0385. The molecule has 1 aromatic heterocycles. The van der Waals surface area contributed by atoms with Gasteiger partial charge in [-0.1, -0.05) is 54.3 Å². The maximum Gasteiger partial charge on any atom is 0.240 e. The summed E-state index contributed by atoms with van der Waals surface area (Å²) in [5, 5.41) is 0. The van der Waals surface area contributed by atoms with E-state index >= 15 is 0 Å². The molecule has 3 aromatic carbocycles. The van der Waals surface area contributed by atoms with Crippen LogP contribution in [0.15, 0.2) is 108 Å². The Morgan fingerprint density at radius 2 is 1.23 bits per heavy atom. The van der Waals surface area contributed by atoms with Gasteiger partial charge >= 0.3 is 0 Å². The Labute approximate surface area is 182 Å². The van der Waals surface area contributed by atoms with E-state index in [9.17, 15) is 8.42 Å². The Balaban J connectivity index is 1.42. The van der Waals surface area contributed by atoms with E-state index in [0.717, 1.165) is 27.8 Å². The number of pyridine rings is 1. The third-order valence-electron chi connectivity index (χ3n) is 4.72. The summed E-state index contributed by atoms with van der Waals surface area (Å²) in [6.45, 7) is 0.214. The monoisotopic (exact) mass is 424 g/mol. The minimum atomic E-state index is -3.59. The molecule has 0 saturated carbocycles. The highest BCUT2D eigenvalue weighted by Gasteiger charge is 2.13. The molecule has 0 aliphatic carbocycles. The van der Waals surface area contributed by atoms with Crippen LogP contribution >= 0.6 is 0 Å². The minimum absolute atomic E-state index is 0.208. The van der Waals surface area contributed by atoms with Crippen molar-refractivity contribution in [2.24, 2.45) is 0 Å². The largest absolute Gasteiger partial charge is 0.265 e. The highest BCUT2D eigenvalue weighted by Crippen LogP contribution is 2.19. The average Bonchev–Trinajstić information content (AvgIpc) is 2.83. The lowest BCUT2D eigenvalue weighted by atomic mass is 10.0. The third-order valence-corrected chi connectivity index (χ3v) is 6.14. The van der Waals surface area contributed by atoms with Crippen LogP contribution in [0.3, 0.4) is 0 Å². The van der Waals surface area contributed by atoms with E-state index in [1.807, 2.05) is 42.5 Å². The molecule has 5 heteroatoms. The number of benzene rings is 3. The molecule has 0 atom stereocenters. The summed E-state index contributed by atoms with van der Waals surface area (Å²) in [6.07, 6.45) is 3.26. The minimum Gasteiger partial charge on any atom is -0.265 e. The van der Waals surface area contributed by atoms with E-state index in [4.69, 9.17) is 0 Å². The van der Waals surface area contributed by atoms with Crippen molar-refractivity contribution in [3.05, 3.63) is 120 Å². The van der Waals surface area contributed by atoms with E-state index in [2.05, 4.69) is 33.7 Å². The zero-order chi connectivity index (χ0) is 21.5. The van der Waals surface area contributed by atoms with E-state index in [1.165, 1.54) is 0 Å². The number of nitrogens with one attached hydrogen (secondary N) is 1. The van der Waals surface area contributed by atoms with Gasteiger partial charge in [-0.3, -0.25) is 4.98 Å². The smallest absolute Gasteiger partial charge is 0.240 e. The molecule has 0 bridgehead atoms. The van der Waals surface area contributed by atoms with Crippen molar-refractivity contribution < 1.29 is 8.42 Å². The second kappa shape index (κ2) is 9.40. The summed E-state index contributed by atoms with van der Waals surface area (Å²) in [7, 11) is -3.59. The van der Waals surface area contributed by atoms with Crippen LogP contribution < -0.4 is 4.72 Å². The van der Waals surface area contributed by atoms with E-state index in [0.29, 0.717) is 0 Å². The van der Waals surface area contributed by atoms with Crippen molar-refractivity contribution in [3.8, 4) is 23.0 Å². The fourth-order valence-corrected chi connectivity index (χ4v) is 4.02. The predicted octanol–water partition coefficient (Wildman–Crippen LogP) is 4.63. The van der Waals surface area contributed by atoms with Gasteiger partial charge in [0.1, 0.15) is 0 Å². The van der Waals surface area contributed by atoms with Gasteiger partial charge in [0.2, 0.25) is 10.0 Å². The van der Waals surface area contributed by atoms with Gasteiger partial charge < -0.3 is 0 Å². The maximum atomic E-state index is 12.5. The van der Waals surface area contributed by atoms with Crippen LogP contribution in [0.1, 0.15) is 16.7 Å². The molecule has 0 aliphatic heterocycles. The normalized spacial score (nSPS) is 10.8. The van der Waals surface area contributed by atoms with E-state index < -0.39 is 10.0 Å². The topological polar surface area (TPSA) is 59.1 Å². The molecular weight excluding hydrogens is 404 g/mol. The first kappa shape index (κ1) is 20.5.